The molecule has 1 aromatic heterocycles. The van der Waals surface area contributed by atoms with Gasteiger partial charge in [-0.05, 0) is 65.4 Å². The molecule has 2 aromatic rings. The first-order chi connectivity index (χ1) is 9.56. The fourth-order valence-electron chi connectivity index (χ4n) is 2.78. The topological polar surface area (TPSA) is 32.3 Å². The van der Waals surface area contributed by atoms with Crippen molar-refractivity contribution < 1.29 is 9.50 Å². The fraction of sp³-hybridized carbons (Fsp3) is 0.375. The summed E-state index contributed by atoms with van der Waals surface area (Å²) < 4.78 is 13.4. The summed E-state index contributed by atoms with van der Waals surface area (Å²) in [5, 5.41) is 17.8. The van der Waals surface area contributed by atoms with Gasteiger partial charge in [0.25, 0.3) is 0 Å². The van der Waals surface area contributed by atoms with Gasteiger partial charge in [0.2, 0.25) is 0 Å². The minimum atomic E-state index is -0.893. The van der Waals surface area contributed by atoms with E-state index < -0.39 is 5.60 Å². The second-order valence-corrected chi connectivity index (χ2v) is 6.38. The van der Waals surface area contributed by atoms with Gasteiger partial charge in [-0.3, -0.25) is 0 Å². The quantitative estimate of drug-likeness (QED) is 0.905. The lowest BCUT2D eigenvalue weighted by Crippen LogP contribution is -2.36. The van der Waals surface area contributed by atoms with Gasteiger partial charge in [-0.25, -0.2) is 4.39 Å². The van der Waals surface area contributed by atoms with Crippen molar-refractivity contribution in [3.05, 3.63) is 57.5 Å². The summed E-state index contributed by atoms with van der Waals surface area (Å²) in [5.41, 5.74) is 2.27. The second kappa shape index (κ2) is 5.28. The number of aryl methyl sites for hydroxylation is 1. The van der Waals surface area contributed by atoms with Gasteiger partial charge in [-0.2, -0.15) is 11.3 Å². The van der Waals surface area contributed by atoms with Crippen LogP contribution in [0.3, 0.4) is 0 Å². The number of hydrogen-bond donors (Lipinski definition) is 2. The van der Waals surface area contributed by atoms with Crippen molar-refractivity contribution in [1.29, 1.82) is 0 Å². The molecule has 20 heavy (non-hydrogen) atoms. The smallest absolute Gasteiger partial charge is 0.123 e. The van der Waals surface area contributed by atoms with E-state index in [9.17, 15) is 9.50 Å². The third-order valence-electron chi connectivity index (χ3n) is 4.02. The number of halogens is 1. The van der Waals surface area contributed by atoms with Gasteiger partial charge in [0.05, 0.1) is 0 Å². The molecular weight excluding hydrogens is 273 g/mol. The Labute approximate surface area is 122 Å². The largest absolute Gasteiger partial charge is 0.384 e. The van der Waals surface area contributed by atoms with E-state index in [0.29, 0.717) is 6.54 Å². The molecule has 0 spiro atoms. The number of hydrogen-bond acceptors (Lipinski definition) is 3. The van der Waals surface area contributed by atoms with Crippen molar-refractivity contribution in [1.82, 2.24) is 5.32 Å². The van der Waals surface area contributed by atoms with E-state index in [0.717, 1.165) is 24.0 Å². The maximum Gasteiger partial charge on any atom is 0.123 e. The summed E-state index contributed by atoms with van der Waals surface area (Å²) in [7, 11) is 0. The van der Waals surface area contributed by atoms with Crippen LogP contribution in [0.4, 0.5) is 4.39 Å². The second-order valence-electron chi connectivity index (χ2n) is 5.60. The van der Waals surface area contributed by atoms with E-state index in [1.165, 1.54) is 11.6 Å². The fourth-order valence-corrected chi connectivity index (χ4v) is 3.56. The number of rotatable bonds is 4. The molecule has 0 bridgehead atoms. The highest BCUT2D eigenvalue weighted by Crippen LogP contribution is 2.32. The summed E-state index contributed by atoms with van der Waals surface area (Å²) in [6, 6.07) is 7.06. The molecule has 2 unspecified atom stereocenters. The lowest BCUT2D eigenvalue weighted by atomic mass is 9.98. The Morgan fingerprint density at radius 2 is 2.30 bits per heavy atom. The summed E-state index contributed by atoms with van der Waals surface area (Å²) in [4.78, 5) is 0. The normalized spacial score (nSPS) is 20.6. The minimum absolute atomic E-state index is 0.130. The average molecular weight is 291 g/mol. The molecule has 0 aliphatic heterocycles. The van der Waals surface area contributed by atoms with E-state index in [1.807, 2.05) is 29.8 Å². The zero-order valence-electron chi connectivity index (χ0n) is 11.4. The monoisotopic (exact) mass is 291 g/mol. The first-order valence-electron chi connectivity index (χ1n) is 6.83. The van der Waals surface area contributed by atoms with Gasteiger partial charge < -0.3 is 10.4 Å². The van der Waals surface area contributed by atoms with Crippen molar-refractivity contribution in [3.8, 4) is 0 Å². The third-order valence-corrected chi connectivity index (χ3v) is 4.70. The van der Waals surface area contributed by atoms with Crippen molar-refractivity contribution in [2.75, 3.05) is 6.54 Å². The van der Waals surface area contributed by atoms with Crippen LogP contribution in [0.2, 0.25) is 0 Å². The highest BCUT2D eigenvalue weighted by Gasteiger charge is 2.28. The zero-order valence-corrected chi connectivity index (χ0v) is 12.2. The minimum Gasteiger partial charge on any atom is -0.384 e. The SMILES string of the molecule is CC(O)(CNC1CCc2ccc(F)cc21)c1ccsc1. The van der Waals surface area contributed by atoms with Crippen LogP contribution in [0, 0.1) is 5.82 Å². The van der Waals surface area contributed by atoms with Crippen LogP contribution in [0.5, 0.6) is 0 Å². The molecule has 1 aromatic carbocycles. The molecule has 1 aliphatic rings. The first kappa shape index (κ1) is 13.7. The molecule has 4 heteroatoms. The predicted molar refractivity (Wildman–Crippen MR) is 79.4 cm³/mol. The van der Waals surface area contributed by atoms with Crippen LogP contribution in [0.15, 0.2) is 35.0 Å². The van der Waals surface area contributed by atoms with E-state index in [2.05, 4.69) is 5.32 Å². The number of thiophene rings is 1. The molecular formula is C16H18FNOS. The van der Waals surface area contributed by atoms with Gasteiger partial charge in [-0.15, -0.1) is 0 Å². The highest BCUT2D eigenvalue weighted by atomic mass is 32.1. The summed E-state index contributed by atoms with van der Waals surface area (Å²) >= 11 is 1.58. The van der Waals surface area contributed by atoms with Gasteiger partial charge in [0, 0.05) is 12.6 Å². The molecule has 2 nitrogen and oxygen atoms in total. The summed E-state index contributed by atoms with van der Waals surface area (Å²) in [6.07, 6.45) is 1.92. The average Bonchev–Trinajstić information content (AvgIpc) is 3.06. The number of fused-ring (bicyclic) bond motifs is 1. The Hall–Kier alpha value is -1.23. The molecule has 1 aliphatic carbocycles. The van der Waals surface area contributed by atoms with Crippen LogP contribution in [0.1, 0.15) is 36.1 Å². The Kier molecular flexibility index (Phi) is 3.63. The lowest BCUT2D eigenvalue weighted by molar-refractivity contribution is 0.0542. The standard InChI is InChI=1S/C16H18FNOS/c1-16(19,12-6-7-20-9-12)10-18-15-5-3-11-2-4-13(17)8-14(11)15/h2,4,6-9,15,18-19H,3,5,10H2,1H3. The molecule has 0 radical (unpaired) electrons. The van der Waals surface area contributed by atoms with E-state index in [4.69, 9.17) is 0 Å². The number of nitrogens with one attached hydrogen (secondary N) is 1. The van der Waals surface area contributed by atoms with E-state index in [-0.39, 0.29) is 11.9 Å². The van der Waals surface area contributed by atoms with Gasteiger partial charge >= 0.3 is 0 Å². The van der Waals surface area contributed by atoms with Gasteiger partial charge in [0.15, 0.2) is 0 Å². The van der Waals surface area contributed by atoms with Crippen LogP contribution < -0.4 is 5.32 Å². The van der Waals surface area contributed by atoms with Crippen molar-refractivity contribution in [3.63, 3.8) is 0 Å². The number of benzene rings is 1. The van der Waals surface area contributed by atoms with Crippen molar-refractivity contribution >= 4 is 11.3 Å². The van der Waals surface area contributed by atoms with Crippen molar-refractivity contribution in [2.24, 2.45) is 0 Å². The molecule has 3 rings (SSSR count). The molecule has 0 amide bonds. The Morgan fingerprint density at radius 1 is 1.45 bits per heavy atom. The molecule has 0 saturated carbocycles. The Morgan fingerprint density at radius 3 is 3.05 bits per heavy atom. The first-order valence-corrected chi connectivity index (χ1v) is 7.77. The lowest BCUT2D eigenvalue weighted by Gasteiger charge is -2.25. The highest BCUT2D eigenvalue weighted by molar-refractivity contribution is 7.08. The maximum atomic E-state index is 13.4. The van der Waals surface area contributed by atoms with Gasteiger partial charge in [-0.1, -0.05) is 6.07 Å². The molecule has 0 saturated heterocycles. The zero-order chi connectivity index (χ0) is 14.2. The van der Waals surface area contributed by atoms with Crippen molar-refractivity contribution in [2.45, 2.75) is 31.4 Å². The maximum absolute atomic E-state index is 13.4. The molecule has 2 atom stereocenters. The van der Waals surface area contributed by atoms with E-state index in [1.54, 1.807) is 17.4 Å². The third kappa shape index (κ3) is 2.64. The molecule has 0 fully saturated rings. The van der Waals surface area contributed by atoms with Crippen LogP contribution in [-0.4, -0.2) is 11.7 Å². The molecule has 2 N–H and O–H groups in total. The molecule has 106 valence electrons. The van der Waals surface area contributed by atoms with Crippen LogP contribution in [-0.2, 0) is 12.0 Å². The summed E-state index contributed by atoms with van der Waals surface area (Å²) in [5.74, 6) is -0.193. The Balaban J connectivity index is 1.70. The van der Waals surface area contributed by atoms with Crippen LogP contribution >= 0.6 is 11.3 Å². The van der Waals surface area contributed by atoms with Crippen LogP contribution in [0.25, 0.3) is 0 Å². The Bertz CT molecular complexity index is 595. The molecule has 1 heterocycles. The predicted octanol–water partition coefficient (Wildman–Crippen LogP) is 3.37. The van der Waals surface area contributed by atoms with E-state index >= 15 is 0 Å². The van der Waals surface area contributed by atoms with Gasteiger partial charge in [0.1, 0.15) is 11.4 Å². The number of aliphatic hydroxyl groups is 1. The summed E-state index contributed by atoms with van der Waals surface area (Å²) in [6.45, 7) is 2.27.